The molecule has 0 saturated carbocycles. The molecule has 0 spiro atoms. The molecule has 1 aliphatic rings. The van der Waals surface area contributed by atoms with E-state index in [9.17, 15) is 5.11 Å². The van der Waals surface area contributed by atoms with Crippen LogP contribution in [0.4, 0.5) is 0 Å². The lowest BCUT2D eigenvalue weighted by Gasteiger charge is -2.42. The smallest absolute Gasteiger partial charge is 0.119 e. The van der Waals surface area contributed by atoms with E-state index in [0.717, 1.165) is 5.25 Å². The Hall–Kier alpha value is 0.660. The molecular weight excluding hydrogens is 200 g/mol. The molecule has 0 bridgehead atoms. The van der Waals surface area contributed by atoms with Crippen molar-refractivity contribution in [3.8, 4) is 0 Å². The molecule has 0 aromatic carbocycles. The molecule has 1 aliphatic heterocycles. The van der Waals surface area contributed by atoms with Gasteiger partial charge in [-0.3, -0.25) is 0 Å². The number of hydrogen-bond acceptors (Lipinski definition) is 3. The molecule has 4 unspecified atom stereocenters. The minimum Gasteiger partial charge on any atom is -0.379 e. The second-order valence-electron chi connectivity index (χ2n) is 3.84. The maximum atomic E-state index is 10.1. The van der Waals surface area contributed by atoms with E-state index >= 15 is 0 Å². The molecule has 0 aromatic rings. The Morgan fingerprint density at radius 2 is 1.77 bits per heavy atom. The summed E-state index contributed by atoms with van der Waals surface area (Å²) in [5.41, 5.74) is 0. The van der Waals surface area contributed by atoms with Gasteiger partial charge in [0, 0.05) is 15.7 Å². The summed E-state index contributed by atoms with van der Waals surface area (Å²) < 4.78 is 0. The molecule has 1 rings (SSSR count). The topological polar surface area (TPSA) is 20.2 Å². The molecule has 1 nitrogen and oxygen atoms in total. The summed E-state index contributed by atoms with van der Waals surface area (Å²) >= 11 is 3.72. The summed E-state index contributed by atoms with van der Waals surface area (Å²) in [4.78, 5) is -0.531. The van der Waals surface area contributed by atoms with Crippen molar-refractivity contribution in [3.63, 3.8) is 0 Å². The lowest BCUT2D eigenvalue weighted by Crippen LogP contribution is -2.42. The van der Waals surface area contributed by atoms with Crippen LogP contribution in [-0.4, -0.2) is 25.8 Å². The molecule has 1 N–H and O–H groups in total. The van der Waals surface area contributed by atoms with Crippen LogP contribution in [0.3, 0.4) is 0 Å². The van der Waals surface area contributed by atoms with E-state index in [0.29, 0.717) is 10.5 Å². The van der Waals surface area contributed by atoms with Crippen LogP contribution in [0.25, 0.3) is 0 Å². The zero-order valence-corrected chi connectivity index (χ0v) is 10.5. The van der Waals surface area contributed by atoms with Crippen molar-refractivity contribution in [1.82, 2.24) is 0 Å². The van der Waals surface area contributed by atoms with E-state index in [4.69, 9.17) is 0 Å². The summed E-state index contributed by atoms with van der Waals surface area (Å²) in [5, 5.41) is 11.8. The average Bonchev–Trinajstić information content (AvgIpc) is 2.08. The Labute approximate surface area is 90.1 Å². The van der Waals surface area contributed by atoms with Crippen LogP contribution in [0.2, 0.25) is 0 Å². The highest BCUT2D eigenvalue weighted by atomic mass is 32.2. The highest BCUT2D eigenvalue weighted by Crippen LogP contribution is 2.48. The predicted octanol–water partition coefficient (Wildman–Crippen LogP) is 3.12. The third kappa shape index (κ3) is 2.57. The SMILES string of the molecule is CCC1SC(C)C(C)(O)SC1CC. The van der Waals surface area contributed by atoms with Crippen molar-refractivity contribution in [1.29, 1.82) is 0 Å². The largest absolute Gasteiger partial charge is 0.379 e. The molecule has 0 aromatic heterocycles. The molecule has 3 heteroatoms. The summed E-state index contributed by atoms with van der Waals surface area (Å²) in [6, 6.07) is 0. The molecule has 1 saturated heterocycles. The van der Waals surface area contributed by atoms with E-state index in [-0.39, 0.29) is 0 Å². The summed E-state index contributed by atoms with van der Waals surface area (Å²) in [6.45, 7) is 8.54. The molecule has 78 valence electrons. The predicted molar refractivity (Wildman–Crippen MR) is 63.4 cm³/mol. The normalized spacial score (nSPS) is 46.4. The van der Waals surface area contributed by atoms with Crippen molar-refractivity contribution in [2.45, 2.75) is 61.2 Å². The Morgan fingerprint density at radius 1 is 1.23 bits per heavy atom. The van der Waals surface area contributed by atoms with Crippen molar-refractivity contribution in [2.24, 2.45) is 0 Å². The van der Waals surface area contributed by atoms with Gasteiger partial charge in [0.2, 0.25) is 0 Å². The van der Waals surface area contributed by atoms with Crippen LogP contribution in [0.1, 0.15) is 40.5 Å². The maximum Gasteiger partial charge on any atom is 0.119 e. The van der Waals surface area contributed by atoms with Gasteiger partial charge in [-0.25, -0.2) is 0 Å². The van der Waals surface area contributed by atoms with Crippen LogP contribution in [-0.2, 0) is 0 Å². The van der Waals surface area contributed by atoms with Crippen LogP contribution in [0.15, 0.2) is 0 Å². The molecule has 0 amide bonds. The monoisotopic (exact) mass is 220 g/mol. The molecule has 4 atom stereocenters. The van der Waals surface area contributed by atoms with Gasteiger partial charge in [-0.1, -0.05) is 13.8 Å². The molecule has 13 heavy (non-hydrogen) atoms. The highest BCUT2D eigenvalue weighted by molar-refractivity contribution is 8.08. The third-order valence-electron chi connectivity index (χ3n) is 2.74. The Balaban J connectivity index is 2.66. The zero-order chi connectivity index (χ0) is 10.1. The van der Waals surface area contributed by atoms with E-state index in [1.807, 2.05) is 18.7 Å². The number of hydrogen-bond donors (Lipinski definition) is 1. The summed E-state index contributed by atoms with van der Waals surface area (Å²) in [7, 11) is 0. The second-order valence-corrected chi connectivity index (χ2v) is 7.10. The first kappa shape index (κ1) is 11.7. The molecule has 0 aliphatic carbocycles. The van der Waals surface area contributed by atoms with E-state index in [2.05, 4.69) is 20.8 Å². The molecule has 1 heterocycles. The van der Waals surface area contributed by atoms with Gasteiger partial charge in [0.25, 0.3) is 0 Å². The van der Waals surface area contributed by atoms with Crippen molar-refractivity contribution < 1.29 is 5.11 Å². The minimum absolute atomic E-state index is 0.352. The lowest BCUT2D eigenvalue weighted by atomic mass is 10.2. The summed E-state index contributed by atoms with van der Waals surface area (Å²) in [6.07, 6.45) is 2.38. The van der Waals surface area contributed by atoms with Crippen LogP contribution in [0, 0.1) is 0 Å². The van der Waals surface area contributed by atoms with Crippen molar-refractivity contribution >= 4 is 23.5 Å². The first-order valence-corrected chi connectivity index (χ1v) is 6.89. The van der Waals surface area contributed by atoms with Gasteiger partial charge in [-0.2, -0.15) is 11.8 Å². The third-order valence-corrected chi connectivity index (χ3v) is 6.74. The van der Waals surface area contributed by atoms with Crippen LogP contribution >= 0.6 is 23.5 Å². The van der Waals surface area contributed by atoms with Gasteiger partial charge in [0.15, 0.2) is 0 Å². The lowest BCUT2D eigenvalue weighted by molar-refractivity contribution is 0.156. The van der Waals surface area contributed by atoms with E-state index < -0.39 is 4.93 Å². The Morgan fingerprint density at radius 3 is 2.23 bits per heavy atom. The van der Waals surface area contributed by atoms with Gasteiger partial charge in [0.1, 0.15) is 4.93 Å². The van der Waals surface area contributed by atoms with Gasteiger partial charge < -0.3 is 5.11 Å². The van der Waals surface area contributed by atoms with E-state index in [1.54, 1.807) is 11.8 Å². The van der Waals surface area contributed by atoms with Crippen molar-refractivity contribution in [3.05, 3.63) is 0 Å². The number of aliphatic hydroxyl groups is 1. The van der Waals surface area contributed by atoms with Gasteiger partial charge >= 0.3 is 0 Å². The highest BCUT2D eigenvalue weighted by Gasteiger charge is 2.41. The average molecular weight is 220 g/mol. The van der Waals surface area contributed by atoms with Gasteiger partial charge in [0.05, 0.1) is 0 Å². The van der Waals surface area contributed by atoms with Crippen molar-refractivity contribution in [2.75, 3.05) is 0 Å². The van der Waals surface area contributed by atoms with Gasteiger partial charge in [-0.05, 0) is 26.7 Å². The molecule has 1 fully saturated rings. The summed E-state index contributed by atoms with van der Waals surface area (Å²) in [5.74, 6) is 0. The Kier molecular flexibility index (Phi) is 4.02. The zero-order valence-electron chi connectivity index (χ0n) is 8.91. The van der Waals surface area contributed by atoms with Crippen LogP contribution < -0.4 is 0 Å². The Bertz CT molecular complexity index is 170. The fourth-order valence-corrected chi connectivity index (χ4v) is 5.00. The quantitative estimate of drug-likeness (QED) is 0.772. The number of thioether (sulfide) groups is 2. The number of rotatable bonds is 2. The minimum atomic E-state index is -0.531. The first-order chi connectivity index (χ1) is 6.01. The maximum absolute atomic E-state index is 10.1. The first-order valence-electron chi connectivity index (χ1n) is 5.06. The molecular formula is C10H20OS2. The second kappa shape index (κ2) is 4.45. The fourth-order valence-electron chi connectivity index (χ4n) is 1.66. The van der Waals surface area contributed by atoms with Crippen LogP contribution in [0.5, 0.6) is 0 Å². The molecule has 0 radical (unpaired) electrons. The van der Waals surface area contributed by atoms with E-state index in [1.165, 1.54) is 12.8 Å². The van der Waals surface area contributed by atoms with Gasteiger partial charge in [-0.15, -0.1) is 11.8 Å². The standard InChI is InChI=1S/C10H20OS2/c1-5-8-9(6-2)13-10(4,11)7(3)12-8/h7-9,11H,5-6H2,1-4H3. The fraction of sp³-hybridized carbons (Fsp3) is 1.00.